The molecule has 0 bridgehead atoms. The first kappa shape index (κ1) is 31.2. The zero-order valence-corrected chi connectivity index (χ0v) is 30.0. The van der Waals surface area contributed by atoms with Crippen molar-refractivity contribution < 1.29 is 0 Å². The van der Waals surface area contributed by atoms with Gasteiger partial charge >= 0.3 is 0 Å². The van der Waals surface area contributed by atoms with E-state index in [0.29, 0.717) is 0 Å². The van der Waals surface area contributed by atoms with Gasteiger partial charge in [0, 0.05) is 22.2 Å². The molecule has 0 spiro atoms. The van der Waals surface area contributed by atoms with Crippen LogP contribution < -0.4 is 0 Å². The number of rotatable bonds is 5. The van der Waals surface area contributed by atoms with Crippen LogP contribution in [-0.2, 0) is 5.41 Å². The molecule has 2 heterocycles. The molecule has 252 valence electrons. The molecule has 0 saturated carbocycles. The van der Waals surface area contributed by atoms with Crippen molar-refractivity contribution >= 4 is 43.2 Å². The van der Waals surface area contributed by atoms with Gasteiger partial charge in [-0.25, -0.2) is 9.97 Å². The van der Waals surface area contributed by atoms with E-state index >= 15 is 0 Å². The maximum Gasteiger partial charge on any atom is 0.164 e. The van der Waals surface area contributed by atoms with Gasteiger partial charge < -0.3 is 0 Å². The first-order valence-electron chi connectivity index (χ1n) is 18.3. The van der Waals surface area contributed by atoms with E-state index in [4.69, 9.17) is 9.97 Å². The monoisotopic (exact) mass is 679 g/mol. The SMILES string of the molecule is CC(C)(C)c1ccc(-n2c(-c3ccc4cc(-c5ccc6ccc7cccc8ccc5c6c78)ccc4n3)nc(-c3ccccc3)c2-c2ccccc2)cc1. The van der Waals surface area contributed by atoms with Crippen molar-refractivity contribution in [3.05, 3.63) is 175 Å². The topological polar surface area (TPSA) is 30.7 Å². The lowest BCUT2D eigenvalue weighted by atomic mass is 9.87. The van der Waals surface area contributed by atoms with Crippen LogP contribution in [0.15, 0.2) is 170 Å². The van der Waals surface area contributed by atoms with Crippen molar-refractivity contribution in [3.8, 4) is 50.8 Å². The van der Waals surface area contributed by atoms with Gasteiger partial charge in [-0.05, 0) is 84.8 Å². The second kappa shape index (κ2) is 12.0. The van der Waals surface area contributed by atoms with Gasteiger partial charge in [-0.3, -0.25) is 4.57 Å². The van der Waals surface area contributed by atoms with Crippen molar-refractivity contribution in [3.63, 3.8) is 0 Å². The Hall–Kier alpha value is -6.58. The Morgan fingerprint density at radius 2 is 1.11 bits per heavy atom. The summed E-state index contributed by atoms with van der Waals surface area (Å²) in [4.78, 5) is 10.7. The molecule has 0 unspecified atom stereocenters. The Bertz CT molecular complexity index is 2930. The predicted molar refractivity (Wildman–Crippen MR) is 223 cm³/mol. The molecule has 0 aliphatic carbocycles. The van der Waals surface area contributed by atoms with E-state index in [2.05, 4.69) is 195 Å². The molecule has 10 aromatic rings. The van der Waals surface area contributed by atoms with Gasteiger partial charge in [0.05, 0.1) is 16.9 Å². The normalized spacial score (nSPS) is 12.1. The van der Waals surface area contributed by atoms with Crippen LogP contribution in [0, 0.1) is 0 Å². The summed E-state index contributed by atoms with van der Waals surface area (Å²) in [6.45, 7) is 6.76. The minimum absolute atomic E-state index is 0.0457. The number of nitrogens with zero attached hydrogens (tertiary/aromatic N) is 3. The van der Waals surface area contributed by atoms with E-state index in [9.17, 15) is 0 Å². The van der Waals surface area contributed by atoms with E-state index in [1.54, 1.807) is 0 Å². The van der Waals surface area contributed by atoms with Crippen molar-refractivity contribution in [2.75, 3.05) is 0 Å². The number of aromatic nitrogens is 3. The zero-order chi connectivity index (χ0) is 35.7. The van der Waals surface area contributed by atoms with Crippen LogP contribution in [0.5, 0.6) is 0 Å². The molecule has 0 radical (unpaired) electrons. The van der Waals surface area contributed by atoms with E-state index in [-0.39, 0.29) is 5.41 Å². The smallest absolute Gasteiger partial charge is 0.164 e. The van der Waals surface area contributed by atoms with Crippen LogP contribution in [0.25, 0.3) is 94.1 Å². The van der Waals surface area contributed by atoms with Gasteiger partial charge in [0.1, 0.15) is 5.69 Å². The van der Waals surface area contributed by atoms with Gasteiger partial charge in [-0.2, -0.15) is 0 Å². The number of imidazole rings is 1. The maximum atomic E-state index is 5.42. The predicted octanol–water partition coefficient (Wildman–Crippen LogP) is 13.3. The molecule has 0 atom stereocenters. The molecule has 3 nitrogen and oxygen atoms in total. The highest BCUT2D eigenvalue weighted by Gasteiger charge is 2.24. The van der Waals surface area contributed by atoms with Crippen molar-refractivity contribution in [2.24, 2.45) is 0 Å². The molecule has 0 N–H and O–H groups in total. The molecule has 0 amide bonds. The molecule has 0 aliphatic heterocycles. The van der Waals surface area contributed by atoms with Crippen LogP contribution in [-0.4, -0.2) is 14.5 Å². The van der Waals surface area contributed by atoms with Crippen molar-refractivity contribution in [2.45, 2.75) is 26.2 Å². The highest BCUT2D eigenvalue weighted by atomic mass is 15.1. The van der Waals surface area contributed by atoms with Gasteiger partial charge in [0.25, 0.3) is 0 Å². The molecule has 53 heavy (non-hydrogen) atoms. The third-order valence-corrected chi connectivity index (χ3v) is 10.7. The average Bonchev–Trinajstić information content (AvgIpc) is 3.61. The first-order chi connectivity index (χ1) is 25.9. The summed E-state index contributed by atoms with van der Waals surface area (Å²) < 4.78 is 2.29. The Labute approximate surface area is 309 Å². The first-order valence-corrected chi connectivity index (χ1v) is 18.3. The number of hydrogen-bond acceptors (Lipinski definition) is 2. The van der Waals surface area contributed by atoms with E-state index in [1.165, 1.54) is 49.0 Å². The van der Waals surface area contributed by atoms with Crippen LogP contribution in [0.4, 0.5) is 0 Å². The number of hydrogen-bond donors (Lipinski definition) is 0. The molecule has 3 heteroatoms. The average molecular weight is 680 g/mol. The summed E-state index contributed by atoms with van der Waals surface area (Å²) in [6.07, 6.45) is 0. The van der Waals surface area contributed by atoms with Crippen LogP contribution in [0.2, 0.25) is 0 Å². The lowest BCUT2D eigenvalue weighted by Crippen LogP contribution is -2.11. The van der Waals surface area contributed by atoms with Crippen molar-refractivity contribution in [1.29, 1.82) is 0 Å². The second-order valence-corrected chi connectivity index (χ2v) is 15.1. The zero-order valence-electron chi connectivity index (χ0n) is 30.0. The molecule has 2 aromatic heterocycles. The summed E-state index contributed by atoms with van der Waals surface area (Å²) in [7, 11) is 0. The molecule has 8 aromatic carbocycles. The highest BCUT2D eigenvalue weighted by molar-refractivity contribution is 6.25. The standard InChI is InChI=1S/C50H37N3/c1-50(2,3)39-23-25-40(26-24-39)53-48(36-13-8-5-9-14-36)47(35-11-6-4-7-12-35)52-49(53)44-30-22-38-31-37(21-29-43(38)51-44)41-27-19-34-18-17-32-15-10-16-33-20-28-42(41)46(34)45(32)33/h4-31H,1-3H3. The van der Waals surface area contributed by atoms with Crippen LogP contribution >= 0.6 is 0 Å². The fourth-order valence-electron chi connectivity index (χ4n) is 8.02. The van der Waals surface area contributed by atoms with Crippen LogP contribution in [0.3, 0.4) is 0 Å². The molecule has 0 fully saturated rings. The Morgan fingerprint density at radius 3 is 1.83 bits per heavy atom. The van der Waals surface area contributed by atoms with Gasteiger partial charge in [0.15, 0.2) is 5.82 Å². The van der Waals surface area contributed by atoms with Gasteiger partial charge in [-0.1, -0.05) is 160 Å². The molecule has 0 saturated heterocycles. The Kier molecular flexibility index (Phi) is 7.06. The number of pyridine rings is 1. The molecular weight excluding hydrogens is 643 g/mol. The number of fused-ring (bicyclic) bond motifs is 1. The highest BCUT2D eigenvalue weighted by Crippen LogP contribution is 2.41. The quantitative estimate of drug-likeness (QED) is 0.170. The van der Waals surface area contributed by atoms with E-state index in [1.807, 2.05) is 0 Å². The molecule has 10 rings (SSSR count). The fourth-order valence-corrected chi connectivity index (χ4v) is 8.02. The van der Waals surface area contributed by atoms with Crippen LogP contribution in [0.1, 0.15) is 26.3 Å². The van der Waals surface area contributed by atoms with Gasteiger partial charge in [0.2, 0.25) is 0 Å². The summed E-state index contributed by atoms with van der Waals surface area (Å²) in [5.41, 5.74) is 10.7. The number of benzene rings is 8. The summed E-state index contributed by atoms with van der Waals surface area (Å²) in [5.74, 6) is 0.809. The lowest BCUT2D eigenvalue weighted by molar-refractivity contribution is 0.590. The largest absolute Gasteiger partial charge is 0.290 e. The minimum Gasteiger partial charge on any atom is -0.290 e. The lowest BCUT2D eigenvalue weighted by Gasteiger charge is -2.20. The summed E-state index contributed by atoms with van der Waals surface area (Å²) in [6, 6.07) is 61.1. The second-order valence-electron chi connectivity index (χ2n) is 15.1. The Morgan fingerprint density at radius 1 is 0.472 bits per heavy atom. The summed E-state index contributed by atoms with van der Waals surface area (Å²) >= 11 is 0. The molecular formula is C50H37N3. The third kappa shape index (κ3) is 5.19. The summed E-state index contributed by atoms with van der Waals surface area (Å²) in [5, 5.41) is 8.87. The van der Waals surface area contributed by atoms with E-state index < -0.39 is 0 Å². The Balaban J connectivity index is 1.15. The van der Waals surface area contributed by atoms with Gasteiger partial charge in [-0.15, -0.1) is 0 Å². The molecule has 0 aliphatic rings. The minimum atomic E-state index is 0.0457. The third-order valence-electron chi connectivity index (χ3n) is 10.7. The fraction of sp³-hybridized carbons (Fsp3) is 0.0800. The van der Waals surface area contributed by atoms with Crippen molar-refractivity contribution in [1.82, 2.24) is 14.5 Å². The maximum absolute atomic E-state index is 5.42. The van der Waals surface area contributed by atoms with E-state index in [0.717, 1.165) is 50.6 Å².